The number of hydrogen-bond donors (Lipinski definition) is 1. The van der Waals surface area contributed by atoms with E-state index in [1.165, 1.54) is 23.1 Å². The molecule has 2 bridgehead atoms. The predicted octanol–water partition coefficient (Wildman–Crippen LogP) is 4.13. The van der Waals surface area contributed by atoms with Crippen LogP contribution in [0.3, 0.4) is 0 Å². The number of pyridine rings is 1. The number of anilines is 1. The molecular formula is C24H26N4O2S3. The van der Waals surface area contributed by atoms with Gasteiger partial charge in [-0.2, -0.15) is 5.26 Å². The number of carbonyl (C=O) groups excluding carboxylic acids is 1. The zero-order valence-corrected chi connectivity index (χ0v) is 20.8. The maximum Gasteiger partial charge on any atom is 0.250 e. The van der Waals surface area contributed by atoms with E-state index in [1.807, 2.05) is 16.7 Å². The SMILES string of the molecule is N#Cc1c(NC(=O)CSC(=S)N2C[C@@H]3C[C@@H](C2)c2cccc(=O)n2C3)sc2c1CCCCC2. The van der Waals surface area contributed by atoms with E-state index < -0.39 is 0 Å². The molecule has 5 rings (SSSR count). The molecule has 3 aliphatic rings. The normalized spacial score (nSPS) is 21.4. The lowest BCUT2D eigenvalue weighted by molar-refractivity contribution is -0.113. The van der Waals surface area contributed by atoms with Crippen molar-refractivity contribution in [2.75, 3.05) is 24.2 Å². The predicted molar refractivity (Wildman–Crippen MR) is 137 cm³/mol. The largest absolute Gasteiger partial charge is 0.356 e. The summed E-state index contributed by atoms with van der Waals surface area (Å²) < 4.78 is 2.64. The van der Waals surface area contributed by atoms with Crippen molar-refractivity contribution in [3.63, 3.8) is 0 Å². The number of aryl methyl sites for hydroxylation is 1. The van der Waals surface area contributed by atoms with Crippen LogP contribution in [-0.4, -0.2) is 38.5 Å². The molecule has 2 atom stereocenters. The number of aromatic nitrogens is 1. The smallest absolute Gasteiger partial charge is 0.250 e. The van der Waals surface area contributed by atoms with Gasteiger partial charge >= 0.3 is 0 Å². The van der Waals surface area contributed by atoms with Crippen molar-refractivity contribution in [2.24, 2.45) is 5.92 Å². The average molecular weight is 499 g/mol. The minimum atomic E-state index is -0.121. The van der Waals surface area contributed by atoms with Gasteiger partial charge in [0.2, 0.25) is 5.91 Å². The summed E-state index contributed by atoms with van der Waals surface area (Å²) in [5.41, 5.74) is 2.95. The van der Waals surface area contributed by atoms with E-state index in [0.29, 0.717) is 22.4 Å². The Labute approximate surface area is 207 Å². The van der Waals surface area contributed by atoms with Crippen molar-refractivity contribution in [1.29, 1.82) is 5.26 Å². The topological polar surface area (TPSA) is 78.1 Å². The zero-order chi connectivity index (χ0) is 22.9. The summed E-state index contributed by atoms with van der Waals surface area (Å²) in [6, 6.07) is 7.83. The lowest BCUT2D eigenvalue weighted by Gasteiger charge is -2.43. The molecule has 0 saturated carbocycles. The van der Waals surface area contributed by atoms with Crippen molar-refractivity contribution in [1.82, 2.24) is 9.47 Å². The molecular weight excluding hydrogens is 472 g/mol. The summed E-state index contributed by atoms with van der Waals surface area (Å²) in [6.45, 7) is 2.33. The van der Waals surface area contributed by atoms with Crippen LogP contribution in [0.5, 0.6) is 0 Å². The molecule has 9 heteroatoms. The number of fused-ring (bicyclic) bond motifs is 5. The van der Waals surface area contributed by atoms with Crippen molar-refractivity contribution in [3.8, 4) is 6.07 Å². The van der Waals surface area contributed by atoms with Crippen molar-refractivity contribution >= 4 is 50.5 Å². The molecule has 0 radical (unpaired) electrons. The Morgan fingerprint density at radius 3 is 2.94 bits per heavy atom. The minimum absolute atomic E-state index is 0.0758. The summed E-state index contributed by atoms with van der Waals surface area (Å²) in [7, 11) is 0. The lowest BCUT2D eigenvalue weighted by Crippen LogP contribution is -2.48. The summed E-state index contributed by atoms with van der Waals surface area (Å²) in [4.78, 5) is 28.4. The molecule has 0 spiro atoms. The van der Waals surface area contributed by atoms with Crippen LogP contribution in [0.2, 0.25) is 0 Å². The molecule has 2 aromatic heterocycles. The highest BCUT2D eigenvalue weighted by Gasteiger charge is 2.35. The second-order valence-electron chi connectivity index (χ2n) is 9.09. The second kappa shape index (κ2) is 9.61. The van der Waals surface area contributed by atoms with Gasteiger partial charge < -0.3 is 14.8 Å². The van der Waals surface area contributed by atoms with E-state index in [-0.39, 0.29) is 17.2 Å². The number of thiophene rings is 1. The van der Waals surface area contributed by atoms with Gasteiger partial charge in [0.05, 0.1) is 11.3 Å². The molecule has 1 saturated heterocycles. The van der Waals surface area contributed by atoms with E-state index in [2.05, 4.69) is 16.3 Å². The van der Waals surface area contributed by atoms with Gasteiger partial charge in [-0.05, 0) is 49.7 Å². The van der Waals surface area contributed by atoms with Crippen LogP contribution in [0.4, 0.5) is 5.00 Å². The fourth-order valence-electron chi connectivity index (χ4n) is 5.38. The van der Waals surface area contributed by atoms with Gasteiger partial charge in [-0.25, -0.2) is 0 Å². The molecule has 2 aromatic rings. The summed E-state index contributed by atoms with van der Waals surface area (Å²) in [6.07, 6.45) is 6.45. The van der Waals surface area contributed by atoms with Crippen LogP contribution >= 0.6 is 35.3 Å². The number of likely N-dealkylation sites (tertiary alicyclic amines) is 1. The molecule has 0 unspecified atom stereocenters. The number of thiocarbonyl (C=S) groups is 1. The van der Waals surface area contributed by atoms with Gasteiger partial charge in [-0.1, -0.05) is 36.5 Å². The first kappa shape index (κ1) is 22.6. The van der Waals surface area contributed by atoms with Crippen LogP contribution in [0.15, 0.2) is 23.0 Å². The zero-order valence-electron chi connectivity index (χ0n) is 18.3. The number of rotatable bonds is 3. The Kier molecular flexibility index (Phi) is 6.59. The summed E-state index contributed by atoms with van der Waals surface area (Å²) >= 11 is 8.63. The van der Waals surface area contributed by atoms with E-state index in [0.717, 1.165) is 67.3 Å². The quantitative estimate of drug-likeness (QED) is 0.507. The van der Waals surface area contributed by atoms with Crippen LogP contribution in [0.25, 0.3) is 0 Å². The van der Waals surface area contributed by atoms with Crippen LogP contribution in [-0.2, 0) is 24.2 Å². The number of nitrogens with zero attached hydrogens (tertiary/aromatic N) is 3. The first-order valence-corrected chi connectivity index (χ1v) is 13.7. The van der Waals surface area contributed by atoms with Crippen LogP contribution in [0, 0.1) is 17.2 Å². The maximum absolute atomic E-state index is 12.7. The highest BCUT2D eigenvalue weighted by Crippen LogP contribution is 2.38. The van der Waals surface area contributed by atoms with Gasteiger partial charge in [0, 0.05) is 42.2 Å². The first-order valence-electron chi connectivity index (χ1n) is 11.5. The van der Waals surface area contributed by atoms with Crippen molar-refractivity contribution in [2.45, 2.75) is 51.0 Å². The number of thioether (sulfide) groups is 1. The molecule has 1 amide bonds. The first-order chi connectivity index (χ1) is 16.0. The number of hydrogen-bond acceptors (Lipinski definition) is 6. The number of nitrogens with one attached hydrogen (secondary N) is 1. The molecule has 33 heavy (non-hydrogen) atoms. The Balaban J connectivity index is 1.20. The molecule has 172 valence electrons. The Bertz CT molecular complexity index is 1200. The Morgan fingerprint density at radius 2 is 2.09 bits per heavy atom. The Morgan fingerprint density at radius 1 is 1.24 bits per heavy atom. The van der Waals surface area contributed by atoms with Gasteiger partial charge in [-0.3, -0.25) is 9.59 Å². The van der Waals surface area contributed by atoms with E-state index in [4.69, 9.17) is 12.2 Å². The number of carbonyl (C=O) groups is 1. The summed E-state index contributed by atoms with van der Waals surface area (Å²) in [5.74, 6) is 0.792. The average Bonchev–Trinajstić information content (AvgIpc) is 2.96. The molecule has 1 N–H and O–H groups in total. The fraction of sp³-hybridized carbons (Fsp3) is 0.500. The third-order valence-corrected chi connectivity index (χ3v) is 9.58. The fourth-order valence-corrected chi connectivity index (χ4v) is 7.62. The minimum Gasteiger partial charge on any atom is -0.356 e. The van der Waals surface area contributed by atoms with E-state index >= 15 is 0 Å². The molecule has 0 aromatic carbocycles. The highest BCUT2D eigenvalue weighted by atomic mass is 32.2. The molecule has 1 aliphatic carbocycles. The summed E-state index contributed by atoms with van der Waals surface area (Å²) in [5, 5.41) is 13.3. The van der Waals surface area contributed by atoms with E-state index in [9.17, 15) is 14.9 Å². The van der Waals surface area contributed by atoms with E-state index in [1.54, 1.807) is 17.4 Å². The van der Waals surface area contributed by atoms with Crippen molar-refractivity contribution in [3.05, 3.63) is 50.3 Å². The second-order valence-corrected chi connectivity index (χ2v) is 11.8. The molecule has 1 fully saturated rings. The van der Waals surface area contributed by atoms with Gasteiger partial charge in [-0.15, -0.1) is 11.3 Å². The molecule has 4 heterocycles. The van der Waals surface area contributed by atoms with Gasteiger partial charge in [0.25, 0.3) is 5.56 Å². The standard InChI is InChI=1S/C24H26N4O2S3/c25-10-18-17-5-2-1-3-7-20(17)33-23(18)26-21(29)14-32-24(31)27-11-15-9-16(13-27)19-6-4-8-22(30)28(19)12-15/h4,6,8,15-16H,1-3,5,7,9,11-14H2,(H,26,29)/t15-,16-/m0/s1. The highest BCUT2D eigenvalue weighted by molar-refractivity contribution is 8.23. The third-order valence-electron chi connectivity index (χ3n) is 6.85. The number of piperidine rings is 1. The lowest BCUT2D eigenvalue weighted by atomic mass is 9.83. The van der Waals surface area contributed by atoms with Crippen LogP contribution < -0.4 is 10.9 Å². The molecule has 6 nitrogen and oxygen atoms in total. The van der Waals surface area contributed by atoms with Crippen molar-refractivity contribution < 1.29 is 4.79 Å². The van der Waals surface area contributed by atoms with Gasteiger partial charge in [0.1, 0.15) is 15.4 Å². The number of nitriles is 1. The molecule has 2 aliphatic heterocycles. The third kappa shape index (κ3) is 4.61. The van der Waals surface area contributed by atoms with Gasteiger partial charge in [0.15, 0.2) is 0 Å². The Hall–Kier alpha value is -2.15. The maximum atomic E-state index is 12.7. The monoisotopic (exact) mass is 498 g/mol. The van der Waals surface area contributed by atoms with Crippen LogP contribution in [0.1, 0.15) is 53.3 Å². The number of amides is 1.